The van der Waals surface area contributed by atoms with E-state index in [0.717, 1.165) is 30.2 Å². The first kappa shape index (κ1) is 16.5. The van der Waals surface area contributed by atoms with Crippen molar-refractivity contribution in [2.24, 2.45) is 10.7 Å². The van der Waals surface area contributed by atoms with Crippen LogP contribution in [0, 0.1) is 0 Å². The summed E-state index contributed by atoms with van der Waals surface area (Å²) in [5.74, 6) is 1.30. The highest BCUT2D eigenvalue weighted by Gasteiger charge is 2.22. The van der Waals surface area contributed by atoms with Crippen LogP contribution in [-0.2, 0) is 6.54 Å². The highest BCUT2D eigenvalue weighted by atomic mass is 15.2. The monoisotopic (exact) mass is 326 g/mol. The Kier molecular flexibility index (Phi) is 5.48. The predicted molar refractivity (Wildman–Crippen MR) is 97.6 cm³/mol. The second-order valence-corrected chi connectivity index (χ2v) is 6.12. The molecule has 24 heavy (non-hydrogen) atoms. The Hall–Kier alpha value is -2.34. The molecule has 6 heteroatoms. The number of rotatable bonds is 6. The van der Waals surface area contributed by atoms with Gasteiger partial charge in [-0.3, -0.25) is 4.90 Å². The van der Waals surface area contributed by atoms with E-state index in [4.69, 9.17) is 5.73 Å². The molecule has 3 rings (SSSR count). The number of hydrogen-bond acceptors (Lipinski definition) is 3. The number of nitrogens with one attached hydrogen (secondary N) is 2. The van der Waals surface area contributed by atoms with E-state index in [1.54, 1.807) is 0 Å². The molecule has 1 saturated heterocycles. The van der Waals surface area contributed by atoms with E-state index in [1.165, 1.54) is 19.4 Å². The van der Waals surface area contributed by atoms with Crippen molar-refractivity contribution in [2.45, 2.75) is 32.4 Å². The summed E-state index contributed by atoms with van der Waals surface area (Å²) in [4.78, 5) is 14.5. The minimum atomic E-state index is 0.452. The molecule has 0 saturated carbocycles. The van der Waals surface area contributed by atoms with Gasteiger partial charge in [0.2, 0.25) is 0 Å². The van der Waals surface area contributed by atoms with Crippen molar-refractivity contribution in [2.75, 3.05) is 19.6 Å². The summed E-state index contributed by atoms with van der Waals surface area (Å²) in [6.45, 7) is 5.80. The Balaban J connectivity index is 1.51. The first-order chi connectivity index (χ1) is 11.8. The van der Waals surface area contributed by atoms with Crippen molar-refractivity contribution >= 4 is 5.96 Å². The average Bonchev–Trinajstić information content (AvgIpc) is 3.28. The Bertz CT molecular complexity index is 663. The molecule has 1 atom stereocenters. The summed E-state index contributed by atoms with van der Waals surface area (Å²) in [5.41, 5.74) is 8.10. The van der Waals surface area contributed by atoms with Gasteiger partial charge in [0, 0.05) is 12.6 Å². The Labute approximate surface area is 143 Å². The van der Waals surface area contributed by atoms with Gasteiger partial charge in [0.25, 0.3) is 0 Å². The Morgan fingerprint density at radius 2 is 2.25 bits per heavy atom. The SMILES string of the molecule is CCN1CCCC1CNC(N)=NCc1ncc(-c2ccccc2)[nH]1. The number of guanidine groups is 1. The fourth-order valence-corrected chi connectivity index (χ4v) is 3.19. The van der Waals surface area contributed by atoms with Crippen LogP contribution < -0.4 is 11.1 Å². The van der Waals surface area contributed by atoms with Gasteiger partial charge in [0.05, 0.1) is 11.9 Å². The predicted octanol–water partition coefficient (Wildman–Crippen LogP) is 1.97. The van der Waals surface area contributed by atoms with Gasteiger partial charge < -0.3 is 16.0 Å². The second kappa shape index (κ2) is 7.97. The minimum Gasteiger partial charge on any atom is -0.370 e. The van der Waals surface area contributed by atoms with Gasteiger partial charge in [0.1, 0.15) is 12.4 Å². The first-order valence-electron chi connectivity index (χ1n) is 8.63. The molecule has 0 radical (unpaired) electrons. The van der Waals surface area contributed by atoms with Gasteiger partial charge in [-0.15, -0.1) is 0 Å². The van der Waals surface area contributed by atoms with Gasteiger partial charge >= 0.3 is 0 Å². The summed E-state index contributed by atoms with van der Waals surface area (Å²) in [7, 11) is 0. The summed E-state index contributed by atoms with van der Waals surface area (Å²) in [5, 5.41) is 3.24. The molecule has 128 valence electrons. The van der Waals surface area contributed by atoms with Crippen molar-refractivity contribution in [1.29, 1.82) is 0 Å². The number of likely N-dealkylation sites (tertiary alicyclic amines) is 1. The average molecular weight is 326 g/mol. The lowest BCUT2D eigenvalue weighted by Crippen LogP contribution is -2.42. The summed E-state index contributed by atoms with van der Waals surface area (Å²) in [6.07, 6.45) is 4.33. The lowest BCUT2D eigenvalue weighted by molar-refractivity contribution is 0.267. The molecular weight excluding hydrogens is 300 g/mol. The van der Waals surface area contributed by atoms with Crippen molar-refractivity contribution < 1.29 is 0 Å². The van der Waals surface area contributed by atoms with E-state index in [0.29, 0.717) is 18.5 Å². The number of likely N-dealkylation sites (N-methyl/N-ethyl adjacent to an activating group) is 1. The fraction of sp³-hybridized carbons (Fsp3) is 0.444. The normalized spacial score (nSPS) is 18.9. The van der Waals surface area contributed by atoms with Crippen molar-refractivity contribution in [3.8, 4) is 11.3 Å². The van der Waals surface area contributed by atoms with E-state index >= 15 is 0 Å². The van der Waals surface area contributed by atoms with Crippen LogP contribution in [0.3, 0.4) is 0 Å². The van der Waals surface area contributed by atoms with E-state index in [9.17, 15) is 0 Å². The maximum atomic E-state index is 5.98. The van der Waals surface area contributed by atoms with E-state index in [-0.39, 0.29) is 0 Å². The fourth-order valence-electron chi connectivity index (χ4n) is 3.19. The lowest BCUT2D eigenvalue weighted by atomic mass is 10.2. The van der Waals surface area contributed by atoms with E-state index in [2.05, 4.69) is 44.2 Å². The van der Waals surface area contributed by atoms with Crippen molar-refractivity contribution in [3.05, 3.63) is 42.4 Å². The van der Waals surface area contributed by atoms with E-state index in [1.807, 2.05) is 24.4 Å². The maximum absolute atomic E-state index is 5.98. The molecule has 1 fully saturated rings. The van der Waals surface area contributed by atoms with Crippen LogP contribution in [0.4, 0.5) is 0 Å². The number of hydrogen-bond donors (Lipinski definition) is 3. The molecule has 2 aromatic rings. The zero-order chi connectivity index (χ0) is 16.8. The van der Waals surface area contributed by atoms with Gasteiger partial charge in [0.15, 0.2) is 5.96 Å². The summed E-state index contributed by atoms with van der Waals surface area (Å²) in [6, 6.07) is 10.7. The van der Waals surface area contributed by atoms with Crippen LogP contribution >= 0.6 is 0 Å². The molecule has 0 spiro atoms. The number of imidazole rings is 1. The third-order valence-electron chi connectivity index (χ3n) is 4.54. The summed E-state index contributed by atoms with van der Waals surface area (Å²) < 4.78 is 0. The molecule has 0 bridgehead atoms. The number of benzene rings is 1. The molecule has 1 unspecified atom stereocenters. The number of aromatic nitrogens is 2. The van der Waals surface area contributed by atoms with E-state index < -0.39 is 0 Å². The van der Waals surface area contributed by atoms with Crippen LogP contribution in [0.25, 0.3) is 11.3 Å². The standard InChI is InChI=1S/C18H26N6/c1-2-24-10-6-9-15(24)11-21-18(19)22-13-17-20-12-16(23-17)14-7-4-3-5-8-14/h3-5,7-8,12,15H,2,6,9-11,13H2,1H3,(H,20,23)(H3,19,21,22). The Morgan fingerprint density at radius 3 is 3.04 bits per heavy atom. The first-order valence-corrected chi connectivity index (χ1v) is 8.63. The second-order valence-electron chi connectivity index (χ2n) is 6.12. The molecule has 1 aliphatic rings. The van der Waals surface area contributed by atoms with Gasteiger partial charge in [-0.25, -0.2) is 9.98 Å². The minimum absolute atomic E-state index is 0.452. The topological polar surface area (TPSA) is 82.3 Å². The van der Waals surface area contributed by atoms with Gasteiger partial charge in [-0.2, -0.15) is 0 Å². The van der Waals surface area contributed by atoms with Crippen molar-refractivity contribution in [1.82, 2.24) is 20.2 Å². The van der Waals surface area contributed by atoms with Crippen LogP contribution in [0.5, 0.6) is 0 Å². The highest BCUT2D eigenvalue weighted by molar-refractivity contribution is 5.77. The third kappa shape index (κ3) is 4.14. The number of nitrogens with two attached hydrogens (primary N) is 1. The molecule has 2 heterocycles. The molecule has 1 aliphatic heterocycles. The molecule has 0 amide bonds. The van der Waals surface area contributed by atoms with Crippen molar-refractivity contribution in [3.63, 3.8) is 0 Å². The number of H-pyrrole nitrogens is 1. The molecule has 1 aromatic heterocycles. The molecule has 4 N–H and O–H groups in total. The van der Waals surface area contributed by atoms with Crippen LogP contribution in [0.1, 0.15) is 25.6 Å². The highest BCUT2D eigenvalue weighted by Crippen LogP contribution is 2.16. The Morgan fingerprint density at radius 1 is 1.42 bits per heavy atom. The largest absolute Gasteiger partial charge is 0.370 e. The summed E-state index contributed by atoms with van der Waals surface area (Å²) >= 11 is 0. The molecule has 0 aliphatic carbocycles. The van der Waals surface area contributed by atoms with Crippen LogP contribution in [0.2, 0.25) is 0 Å². The zero-order valence-electron chi connectivity index (χ0n) is 14.2. The number of nitrogens with zero attached hydrogens (tertiary/aromatic N) is 3. The van der Waals surface area contributed by atoms with Gasteiger partial charge in [-0.05, 0) is 31.5 Å². The third-order valence-corrected chi connectivity index (χ3v) is 4.54. The van der Waals surface area contributed by atoms with Gasteiger partial charge in [-0.1, -0.05) is 37.3 Å². The quantitative estimate of drug-likeness (QED) is 0.560. The zero-order valence-corrected chi connectivity index (χ0v) is 14.2. The van der Waals surface area contributed by atoms with Crippen LogP contribution in [-0.4, -0.2) is 46.5 Å². The number of aromatic amines is 1. The molecule has 6 nitrogen and oxygen atoms in total. The van der Waals surface area contributed by atoms with Crippen LogP contribution in [0.15, 0.2) is 41.5 Å². The maximum Gasteiger partial charge on any atom is 0.189 e. The molecular formula is C18H26N6. The number of aliphatic imine (C=N–C) groups is 1. The lowest BCUT2D eigenvalue weighted by Gasteiger charge is -2.23. The smallest absolute Gasteiger partial charge is 0.189 e. The molecule has 1 aromatic carbocycles.